The first-order valence-electron chi connectivity index (χ1n) is 8.51. The Morgan fingerprint density at radius 2 is 1.74 bits per heavy atom. The Balaban J connectivity index is 1.79. The maximum Gasteiger partial charge on any atom is 0.251 e. The molecule has 8 heteroatoms. The summed E-state index contributed by atoms with van der Waals surface area (Å²) in [5.74, 6) is 1.53. The van der Waals surface area contributed by atoms with Gasteiger partial charge in [0.15, 0.2) is 11.5 Å². The average Bonchev–Trinajstić information content (AvgIpc) is 3.13. The van der Waals surface area contributed by atoms with Crippen molar-refractivity contribution in [3.05, 3.63) is 41.5 Å². The van der Waals surface area contributed by atoms with Gasteiger partial charge >= 0.3 is 0 Å². The van der Waals surface area contributed by atoms with Crippen molar-refractivity contribution in [2.45, 2.75) is 20.0 Å². The summed E-state index contributed by atoms with van der Waals surface area (Å²) < 4.78 is 17.8. The zero-order chi connectivity index (χ0) is 19.4. The second-order valence-electron chi connectivity index (χ2n) is 5.81. The second kappa shape index (κ2) is 7.94. The average molecular weight is 370 g/mol. The number of amides is 1. The van der Waals surface area contributed by atoms with E-state index in [0.717, 1.165) is 17.6 Å². The molecule has 0 saturated carbocycles. The van der Waals surface area contributed by atoms with E-state index < -0.39 is 0 Å². The van der Waals surface area contributed by atoms with Crippen LogP contribution in [-0.2, 0) is 13.1 Å². The number of hydrogen-bond donors (Lipinski definition) is 1. The zero-order valence-corrected chi connectivity index (χ0v) is 15.8. The highest BCUT2D eigenvalue weighted by Gasteiger charge is 2.14. The van der Waals surface area contributed by atoms with Crippen LogP contribution in [0.15, 0.2) is 30.3 Å². The number of carbonyl (C=O) groups is 1. The lowest BCUT2D eigenvalue weighted by molar-refractivity contribution is 0.0950. The topological polar surface area (TPSA) is 87.5 Å². The molecule has 8 nitrogen and oxygen atoms in total. The lowest BCUT2D eigenvalue weighted by atomic mass is 10.1. The Morgan fingerprint density at radius 3 is 2.41 bits per heavy atom. The third-order valence-corrected chi connectivity index (χ3v) is 4.30. The van der Waals surface area contributed by atoms with Gasteiger partial charge < -0.3 is 19.5 Å². The lowest BCUT2D eigenvalue weighted by Crippen LogP contribution is -2.23. The van der Waals surface area contributed by atoms with Crippen LogP contribution < -0.4 is 19.5 Å². The predicted octanol–water partition coefficient (Wildman–Crippen LogP) is 2.41. The van der Waals surface area contributed by atoms with Crippen LogP contribution >= 0.6 is 0 Å². The number of hydrogen-bond acceptors (Lipinski definition) is 6. The summed E-state index contributed by atoms with van der Waals surface area (Å²) in [5.41, 5.74) is 2.88. The van der Waals surface area contributed by atoms with E-state index in [0.29, 0.717) is 28.3 Å². The molecular formula is C19H22N4O4. The zero-order valence-electron chi connectivity index (χ0n) is 15.8. The minimum absolute atomic E-state index is 0.209. The van der Waals surface area contributed by atoms with Crippen LogP contribution in [0.1, 0.15) is 22.8 Å². The van der Waals surface area contributed by atoms with Gasteiger partial charge in [0.2, 0.25) is 0 Å². The first-order valence-corrected chi connectivity index (χ1v) is 8.51. The van der Waals surface area contributed by atoms with Gasteiger partial charge in [-0.2, -0.15) is 0 Å². The highest BCUT2D eigenvalue weighted by atomic mass is 16.5. The van der Waals surface area contributed by atoms with E-state index in [2.05, 4.69) is 15.6 Å². The molecule has 0 aliphatic heterocycles. The summed E-state index contributed by atoms with van der Waals surface area (Å²) >= 11 is 0. The second-order valence-corrected chi connectivity index (χ2v) is 5.81. The smallest absolute Gasteiger partial charge is 0.251 e. The maximum atomic E-state index is 12.6. The Kier molecular flexibility index (Phi) is 5.44. The van der Waals surface area contributed by atoms with E-state index >= 15 is 0 Å². The Morgan fingerprint density at radius 1 is 1.04 bits per heavy atom. The molecule has 0 aliphatic rings. The minimum atomic E-state index is -0.209. The number of aromatic nitrogens is 3. The summed E-state index contributed by atoms with van der Waals surface area (Å²) in [5, 5.41) is 11.1. The first-order chi connectivity index (χ1) is 13.1. The van der Waals surface area contributed by atoms with Crippen LogP contribution in [-0.4, -0.2) is 42.2 Å². The van der Waals surface area contributed by atoms with E-state index in [-0.39, 0.29) is 12.5 Å². The third-order valence-electron chi connectivity index (χ3n) is 4.30. The van der Waals surface area contributed by atoms with Crippen molar-refractivity contribution in [3.63, 3.8) is 0 Å². The standard InChI is InChI=1S/C19H22N4O4/c1-5-23-15-7-6-12(8-14(15)21-22-23)19(24)20-11-13-9-17(26-3)18(27-4)10-16(13)25-2/h6-10H,5,11H2,1-4H3,(H,20,24). The lowest BCUT2D eigenvalue weighted by Gasteiger charge is -2.14. The predicted molar refractivity (Wildman–Crippen MR) is 100 cm³/mol. The molecule has 1 aromatic heterocycles. The highest BCUT2D eigenvalue weighted by molar-refractivity contribution is 5.97. The van der Waals surface area contributed by atoms with Crippen LogP contribution in [0.25, 0.3) is 11.0 Å². The Labute approximate surface area is 157 Å². The number of fused-ring (bicyclic) bond motifs is 1. The molecule has 1 heterocycles. The largest absolute Gasteiger partial charge is 0.496 e. The molecule has 0 aliphatic carbocycles. The van der Waals surface area contributed by atoms with Gasteiger partial charge in [-0.1, -0.05) is 5.21 Å². The number of nitrogens with one attached hydrogen (secondary N) is 1. The van der Waals surface area contributed by atoms with Gasteiger partial charge in [-0.3, -0.25) is 4.79 Å². The van der Waals surface area contributed by atoms with E-state index in [9.17, 15) is 4.79 Å². The van der Waals surface area contributed by atoms with Crippen molar-refractivity contribution in [1.29, 1.82) is 0 Å². The SMILES string of the molecule is CCn1nnc2cc(C(=O)NCc3cc(OC)c(OC)cc3OC)ccc21. The number of carbonyl (C=O) groups excluding carboxylic acids is 1. The summed E-state index contributed by atoms with van der Waals surface area (Å²) in [6, 6.07) is 8.86. The van der Waals surface area contributed by atoms with Crippen LogP contribution in [0.3, 0.4) is 0 Å². The van der Waals surface area contributed by atoms with Crippen molar-refractivity contribution in [2.24, 2.45) is 0 Å². The fourth-order valence-corrected chi connectivity index (χ4v) is 2.86. The van der Waals surface area contributed by atoms with Gasteiger partial charge in [-0.15, -0.1) is 5.10 Å². The number of aryl methyl sites for hydroxylation is 1. The number of methoxy groups -OCH3 is 3. The summed E-state index contributed by atoms with van der Waals surface area (Å²) in [6.07, 6.45) is 0. The van der Waals surface area contributed by atoms with E-state index in [4.69, 9.17) is 14.2 Å². The minimum Gasteiger partial charge on any atom is -0.496 e. The normalized spacial score (nSPS) is 10.7. The van der Waals surface area contributed by atoms with Crippen LogP contribution in [0.5, 0.6) is 17.2 Å². The van der Waals surface area contributed by atoms with Gasteiger partial charge in [-0.05, 0) is 31.2 Å². The molecule has 0 fully saturated rings. The first kappa shape index (κ1) is 18.5. The van der Waals surface area contributed by atoms with Gasteiger partial charge in [-0.25, -0.2) is 4.68 Å². The summed E-state index contributed by atoms with van der Waals surface area (Å²) in [6.45, 7) is 2.99. The maximum absolute atomic E-state index is 12.6. The quantitative estimate of drug-likeness (QED) is 0.687. The third kappa shape index (κ3) is 3.64. The molecule has 0 radical (unpaired) electrons. The van der Waals surface area contributed by atoms with Gasteiger partial charge in [0, 0.05) is 30.3 Å². The van der Waals surface area contributed by atoms with Crippen molar-refractivity contribution in [3.8, 4) is 17.2 Å². The molecule has 0 atom stereocenters. The molecule has 0 unspecified atom stereocenters. The van der Waals surface area contributed by atoms with Crippen molar-refractivity contribution >= 4 is 16.9 Å². The summed E-state index contributed by atoms with van der Waals surface area (Å²) in [4.78, 5) is 12.6. The molecule has 1 amide bonds. The molecule has 27 heavy (non-hydrogen) atoms. The van der Waals surface area contributed by atoms with Gasteiger partial charge in [0.1, 0.15) is 11.3 Å². The Bertz CT molecular complexity index is 968. The molecule has 1 N–H and O–H groups in total. The molecular weight excluding hydrogens is 348 g/mol. The number of nitrogens with zero attached hydrogens (tertiary/aromatic N) is 3. The molecule has 142 valence electrons. The molecule has 3 rings (SSSR count). The molecule has 0 spiro atoms. The van der Waals surface area contributed by atoms with Crippen molar-refractivity contribution < 1.29 is 19.0 Å². The molecule has 3 aromatic rings. The fraction of sp³-hybridized carbons (Fsp3) is 0.316. The fourth-order valence-electron chi connectivity index (χ4n) is 2.86. The number of benzene rings is 2. The van der Waals surface area contributed by atoms with Gasteiger partial charge in [0.25, 0.3) is 5.91 Å². The molecule has 0 saturated heterocycles. The number of ether oxygens (including phenoxy) is 3. The van der Waals surface area contributed by atoms with Crippen molar-refractivity contribution in [1.82, 2.24) is 20.3 Å². The monoisotopic (exact) mass is 370 g/mol. The number of rotatable bonds is 7. The van der Waals surface area contributed by atoms with Crippen LogP contribution in [0.2, 0.25) is 0 Å². The van der Waals surface area contributed by atoms with Crippen LogP contribution in [0, 0.1) is 0 Å². The Hall–Kier alpha value is -3.29. The van der Waals surface area contributed by atoms with E-state index in [1.54, 1.807) is 50.3 Å². The van der Waals surface area contributed by atoms with E-state index in [1.807, 2.05) is 13.0 Å². The highest BCUT2D eigenvalue weighted by Crippen LogP contribution is 2.34. The van der Waals surface area contributed by atoms with Gasteiger partial charge in [0.05, 0.1) is 26.8 Å². The summed E-state index contributed by atoms with van der Waals surface area (Å²) in [7, 11) is 4.69. The van der Waals surface area contributed by atoms with E-state index in [1.165, 1.54) is 0 Å². The van der Waals surface area contributed by atoms with Crippen molar-refractivity contribution in [2.75, 3.05) is 21.3 Å². The van der Waals surface area contributed by atoms with Crippen LogP contribution in [0.4, 0.5) is 0 Å². The molecule has 0 bridgehead atoms. The molecule has 2 aromatic carbocycles.